The first kappa shape index (κ1) is 9.92. The lowest BCUT2D eigenvalue weighted by Gasteiger charge is -2.28. The molecule has 1 radical (unpaired) electrons. The fourth-order valence-corrected chi connectivity index (χ4v) is 1.43. The molecule has 1 rings (SSSR count). The van der Waals surface area contributed by atoms with Crippen molar-refractivity contribution in [3.05, 3.63) is 0 Å². The van der Waals surface area contributed by atoms with E-state index in [9.17, 15) is 5.11 Å². The second kappa shape index (κ2) is 5.48. The Labute approximate surface area is 73.9 Å². The van der Waals surface area contributed by atoms with Crippen LogP contribution < -0.4 is 10.6 Å². The van der Waals surface area contributed by atoms with Gasteiger partial charge in [-0.05, 0) is 7.05 Å². The van der Waals surface area contributed by atoms with Crippen LogP contribution in [0.5, 0.6) is 0 Å². The molecule has 2 N–H and O–H groups in total. The van der Waals surface area contributed by atoms with Gasteiger partial charge in [0.05, 0.1) is 6.10 Å². The first-order chi connectivity index (χ1) is 5.83. The molecule has 1 saturated heterocycles. The second-order valence-electron chi connectivity index (χ2n) is 3.18. The van der Waals surface area contributed by atoms with E-state index in [1.807, 2.05) is 7.05 Å². The van der Waals surface area contributed by atoms with Crippen LogP contribution in [0.2, 0.25) is 0 Å². The van der Waals surface area contributed by atoms with E-state index in [0.717, 1.165) is 32.7 Å². The van der Waals surface area contributed by atoms with Gasteiger partial charge >= 0.3 is 0 Å². The highest BCUT2D eigenvalue weighted by atomic mass is 16.3. The van der Waals surface area contributed by atoms with Gasteiger partial charge < -0.3 is 10.4 Å². The van der Waals surface area contributed by atoms with Crippen LogP contribution >= 0.6 is 0 Å². The molecule has 0 aromatic carbocycles. The zero-order valence-electron chi connectivity index (χ0n) is 7.66. The summed E-state index contributed by atoms with van der Waals surface area (Å²) in [5, 5.41) is 16.7. The summed E-state index contributed by atoms with van der Waals surface area (Å²) in [6, 6.07) is 0. The van der Waals surface area contributed by atoms with Gasteiger partial charge in [0, 0.05) is 39.3 Å². The molecule has 71 valence electrons. The van der Waals surface area contributed by atoms with E-state index < -0.39 is 0 Å². The zero-order chi connectivity index (χ0) is 8.81. The minimum absolute atomic E-state index is 0.243. The average molecular weight is 172 g/mol. The summed E-state index contributed by atoms with van der Waals surface area (Å²) in [4.78, 5) is 2.26. The minimum Gasteiger partial charge on any atom is -0.390 e. The molecule has 0 spiro atoms. The summed E-state index contributed by atoms with van der Waals surface area (Å²) in [5.41, 5.74) is 0. The molecule has 1 unspecified atom stereocenters. The van der Waals surface area contributed by atoms with Gasteiger partial charge in [0.2, 0.25) is 0 Å². The fourth-order valence-electron chi connectivity index (χ4n) is 1.43. The number of nitrogens with zero attached hydrogens (tertiary/aromatic N) is 2. The van der Waals surface area contributed by atoms with Gasteiger partial charge in [-0.25, -0.2) is 5.32 Å². The van der Waals surface area contributed by atoms with E-state index in [4.69, 9.17) is 0 Å². The van der Waals surface area contributed by atoms with E-state index in [0.29, 0.717) is 6.54 Å². The topological polar surface area (TPSA) is 49.6 Å². The normalized spacial score (nSPS) is 22.5. The number of nitrogens with one attached hydrogen (secondary N) is 1. The van der Waals surface area contributed by atoms with Gasteiger partial charge in [-0.3, -0.25) is 4.90 Å². The van der Waals surface area contributed by atoms with Gasteiger partial charge in [0.25, 0.3) is 0 Å². The van der Waals surface area contributed by atoms with Crippen LogP contribution in [-0.2, 0) is 0 Å². The average Bonchev–Trinajstić information content (AvgIpc) is 2.06. The van der Waals surface area contributed by atoms with Crippen LogP contribution in [-0.4, -0.2) is 62.4 Å². The fraction of sp³-hybridized carbons (Fsp3) is 1.00. The Hall–Kier alpha value is -0.160. The summed E-state index contributed by atoms with van der Waals surface area (Å²) >= 11 is 0. The lowest BCUT2D eigenvalue weighted by molar-refractivity contribution is 0.105. The monoisotopic (exact) mass is 172 g/mol. The van der Waals surface area contributed by atoms with E-state index in [2.05, 4.69) is 15.5 Å². The predicted octanol–water partition coefficient (Wildman–Crippen LogP) is -1.51. The van der Waals surface area contributed by atoms with Crippen molar-refractivity contribution in [3.8, 4) is 0 Å². The van der Waals surface area contributed by atoms with Crippen LogP contribution in [0, 0.1) is 0 Å². The summed E-state index contributed by atoms with van der Waals surface area (Å²) in [6.07, 6.45) is -0.243. The van der Waals surface area contributed by atoms with E-state index in [1.165, 1.54) is 0 Å². The Balaban J connectivity index is 2.11. The number of hydrogen-bond acceptors (Lipinski definition) is 3. The standard InChI is InChI=1S/C8H18N3O/c1-9-6-8(12)7-11-4-2-10-3-5-11/h8-9,12H,2-7H2,1H3. The lowest BCUT2D eigenvalue weighted by Crippen LogP contribution is -2.45. The maximum absolute atomic E-state index is 9.47. The summed E-state index contributed by atoms with van der Waals surface area (Å²) in [6.45, 7) is 5.30. The number of hydrogen-bond donors (Lipinski definition) is 2. The number of piperazine rings is 1. The molecule has 0 aromatic heterocycles. The molecule has 0 aromatic rings. The predicted molar refractivity (Wildman–Crippen MR) is 48.2 cm³/mol. The van der Waals surface area contributed by atoms with Crippen molar-refractivity contribution in [1.82, 2.24) is 15.5 Å². The number of likely N-dealkylation sites (N-methyl/N-ethyl adjacent to an activating group) is 1. The number of rotatable bonds is 4. The molecular weight excluding hydrogens is 154 g/mol. The largest absolute Gasteiger partial charge is 0.390 e. The third-order valence-electron chi connectivity index (χ3n) is 2.06. The molecule has 1 aliphatic heterocycles. The molecule has 1 fully saturated rings. The molecule has 0 aliphatic carbocycles. The Bertz CT molecular complexity index is 115. The van der Waals surface area contributed by atoms with Crippen LogP contribution in [0.25, 0.3) is 0 Å². The van der Waals surface area contributed by atoms with Gasteiger partial charge in [0.15, 0.2) is 0 Å². The Kier molecular flexibility index (Phi) is 4.53. The maximum Gasteiger partial charge on any atom is 0.0791 e. The van der Waals surface area contributed by atoms with Crippen LogP contribution in [0.3, 0.4) is 0 Å². The third-order valence-corrected chi connectivity index (χ3v) is 2.06. The Morgan fingerprint density at radius 2 is 2.17 bits per heavy atom. The van der Waals surface area contributed by atoms with Gasteiger partial charge in [-0.15, -0.1) is 0 Å². The summed E-state index contributed by atoms with van der Waals surface area (Å²) in [7, 11) is 1.86. The SMILES string of the molecule is CNCC(O)CN1CC[N]CC1. The highest BCUT2D eigenvalue weighted by molar-refractivity contribution is 4.71. The van der Waals surface area contributed by atoms with Crippen molar-refractivity contribution >= 4 is 0 Å². The molecule has 4 heteroatoms. The third kappa shape index (κ3) is 3.49. The van der Waals surface area contributed by atoms with Gasteiger partial charge in [0.1, 0.15) is 0 Å². The van der Waals surface area contributed by atoms with Crippen molar-refractivity contribution in [2.75, 3.05) is 46.3 Å². The molecule has 0 amide bonds. The maximum atomic E-state index is 9.47. The zero-order valence-corrected chi connectivity index (χ0v) is 7.66. The van der Waals surface area contributed by atoms with E-state index >= 15 is 0 Å². The van der Waals surface area contributed by atoms with Crippen molar-refractivity contribution in [3.63, 3.8) is 0 Å². The number of aliphatic hydroxyl groups is 1. The highest BCUT2D eigenvalue weighted by Gasteiger charge is 2.13. The number of β-amino-alcohol motifs (C(OH)–C–C–N with tert-alkyl or cyclic N) is 1. The van der Waals surface area contributed by atoms with Crippen LogP contribution in [0.1, 0.15) is 0 Å². The molecule has 4 nitrogen and oxygen atoms in total. The molecule has 0 bridgehead atoms. The van der Waals surface area contributed by atoms with E-state index in [-0.39, 0.29) is 6.10 Å². The molecule has 12 heavy (non-hydrogen) atoms. The van der Waals surface area contributed by atoms with Gasteiger partial charge in [-0.1, -0.05) is 0 Å². The van der Waals surface area contributed by atoms with Crippen LogP contribution in [0.4, 0.5) is 0 Å². The quantitative estimate of drug-likeness (QED) is 0.542. The van der Waals surface area contributed by atoms with Crippen molar-refractivity contribution in [2.24, 2.45) is 0 Å². The Morgan fingerprint density at radius 3 is 2.75 bits per heavy atom. The highest BCUT2D eigenvalue weighted by Crippen LogP contribution is 1.95. The van der Waals surface area contributed by atoms with Crippen LogP contribution in [0.15, 0.2) is 0 Å². The number of aliphatic hydroxyl groups excluding tert-OH is 1. The molecule has 1 heterocycles. The minimum atomic E-state index is -0.243. The lowest BCUT2D eigenvalue weighted by atomic mass is 10.3. The van der Waals surface area contributed by atoms with Crippen molar-refractivity contribution in [2.45, 2.75) is 6.10 Å². The van der Waals surface area contributed by atoms with Crippen molar-refractivity contribution in [1.29, 1.82) is 0 Å². The second-order valence-corrected chi connectivity index (χ2v) is 3.18. The van der Waals surface area contributed by atoms with E-state index in [1.54, 1.807) is 0 Å². The first-order valence-electron chi connectivity index (χ1n) is 4.51. The van der Waals surface area contributed by atoms with Gasteiger partial charge in [-0.2, -0.15) is 0 Å². The molecule has 0 saturated carbocycles. The molecular formula is C8H18N3O. The molecule has 1 atom stereocenters. The smallest absolute Gasteiger partial charge is 0.0791 e. The first-order valence-corrected chi connectivity index (χ1v) is 4.51. The van der Waals surface area contributed by atoms with Crippen molar-refractivity contribution < 1.29 is 5.11 Å². The molecule has 1 aliphatic rings. The summed E-state index contributed by atoms with van der Waals surface area (Å²) in [5.74, 6) is 0. The Morgan fingerprint density at radius 1 is 1.50 bits per heavy atom. The summed E-state index contributed by atoms with van der Waals surface area (Å²) < 4.78 is 0.